The van der Waals surface area contributed by atoms with Gasteiger partial charge in [-0.3, -0.25) is 4.68 Å². The van der Waals surface area contributed by atoms with Crippen molar-refractivity contribution < 1.29 is 4.39 Å². The van der Waals surface area contributed by atoms with E-state index in [9.17, 15) is 4.39 Å². The van der Waals surface area contributed by atoms with Crippen molar-refractivity contribution in [3.05, 3.63) is 40.8 Å². The first-order chi connectivity index (χ1) is 8.65. The van der Waals surface area contributed by atoms with Crippen molar-refractivity contribution in [2.45, 2.75) is 19.9 Å². The Morgan fingerprint density at radius 3 is 2.89 bits per heavy atom. The van der Waals surface area contributed by atoms with E-state index in [0.29, 0.717) is 11.3 Å². The normalized spacial score (nSPS) is 10.3. The molecule has 3 nitrogen and oxygen atoms in total. The highest BCUT2D eigenvalue weighted by molar-refractivity contribution is 6.32. The van der Waals surface area contributed by atoms with E-state index in [2.05, 4.69) is 12.0 Å². The molecule has 0 aliphatic rings. The lowest BCUT2D eigenvalue weighted by molar-refractivity contribution is 0.604. The molecule has 0 amide bonds. The van der Waals surface area contributed by atoms with Crippen LogP contribution in [0, 0.1) is 17.1 Å². The first-order valence-corrected chi connectivity index (χ1v) is 5.96. The Balaban J connectivity index is 2.42. The van der Waals surface area contributed by atoms with Gasteiger partial charge >= 0.3 is 0 Å². The fourth-order valence-corrected chi connectivity index (χ4v) is 1.95. The summed E-state index contributed by atoms with van der Waals surface area (Å²) in [6, 6.07) is 6.37. The molecule has 0 aliphatic heterocycles. The minimum Gasteiger partial charge on any atom is -0.272 e. The molecule has 0 saturated heterocycles. The number of rotatable bonds is 3. The molecule has 0 aliphatic carbocycles. The molecule has 18 heavy (non-hydrogen) atoms. The minimum absolute atomic E-state index is 0.109. The first-order valence-electron chi connectivity index (χ1n) is 5.58. The molecule has 0 spiro atoms. The lowest BCUT2D eigenvalue weighted by atomic mass is 10.1. The zero-order valence-electron chi connectivity index (χ0n) is 9.82. The highest BCUT2D eigenvalue weighted by Gasteiger charge is 2.11. The third kappa shape index (κ3) is 2.36. The van der Waals surface area contributed by atoms with Gasteiger partial charge in [-0.05, 0) is 24.6 Å². The number of aryl methyl sites for hydroxylation is 1. The number of hydrogen-bond donors (Lipinski definition) is 0. The summed E-state index contributed by atoms with van der Waals surface area (Å²) in [5.74, 6) is -0.620. The number of nitriles is 1. The van der Waals surface area contributed by atoms with Crippen LogP contribution >= 0.6 is 11.6 Å². The maximum atomic E-state index is 13.6. The van der Waals surface area contributed by atoms with Crippen LogP contribution in [0.1, 0.15) is 18.9 Å². The molecule has 0 atom stereocenters. The molecule has 1 aromatic heterocycles. The molecule has 1 aromatic carbocycles. The van der Waals surface area contributed by atoms with Gasteiger partial charge in [0, 0.05) is 18.3 Å². The summed E-state index contributed by atoms with van der Waals surface area (Å²) in [5.41, 5.74) is 1.09. The predicted octanol–water partition coefficient (Wildman–Crippen LogP) is 3.62. The molecule has 2 rings (SSSR count). The van der Waals surface area contributed by atoms with E-state index in [0.717, 1.165) is 13.0 Å². The molecule has 5 heteroatoms. The summed E-state index contributed by atoms with van der Waals surface area (Å²) in [6.07, 6.45) is 2.81. The number of nitrogens with zero attached hydrogens (tertiary/aromatic N) is 3. The summed E-state index contributed by atoms with van der Waals surface area (Å²) >= 11 is 5.86. The highest BCUT2D eigenvalue weighted by atomic mass is 35.5. The monoisotopic (exact) mass is 263 g/mol. The van der Waals surface area contributed by atoms with Gasteiger partial charge in [0.25, 0.3) is 0 Å². The van der Waals surface area contributed by atoms with Crippen molar-refractivity contribution in [3.63, 3.8) is 0 Å². The molecular formula is C13H11ClFN3. The van der Waals surface area contributed by atoms with Crippen molar-refractivity contribution in [1.29, 1.82) is 5.26 Å². The van der Waals surface area contributed by atoms with Gasteiger partial charge in [0.2, 0.25) is 0 Å². The van der Waals surface area contributed by atoms with Gasteiger partial charge in [-0.25, -0.2) is 4.39 Å². The van der Waals surface area contributed by atoms with Gasteiger partial charge in [0.05, 0.1) is 10.7 Å². The van der Waals surface area contributed by atoms with Crippen LogP contribution in [0.25, 0.3) is 11.3 Å². The van der Waals surface area contributed by atoms with Crippen LogP contribution in [0.4, 0.5) is 4.39 Å². The molecule has 0 N–H and O–H groups in total. The summed E-state index contributed by atoms with van der Waals surface area (Å²) < 4.78 is 15.4. The van der Waals surface area contributed by atoms with Crippen LogP contribution in [-0.4, -0.2) is 9.78 Å². The van der Waals surface area contributed by atoms with E-state index in [-0.39, 0.29) is 10.6 Å². The molecule has 0 radical (unpaired) electrons. The van der Waals surface area contributed by atoms with Crippen molar-refractivity contribution in [2.75, 3.05) is 0 Å². The molecule has 0 bridgehead atoms. The number of benzene rings is 1. The van der Waals surface area contributed by atoms with Crippen molar-refractivity contribution in [2.24, 2.45) is 0 Å². The topological polar surface area (TPSA) is 41.6 Å². The third-order valence-electron chi connectivity index (χ3n) is 2.54. The van der Waals surface area contributed by atoms with Crippen LogP contribution in [0.5, 0.6) is 0 Å². The molecule has 0 saturated carbocycles. The standard InChI is InChI=1S/C13H11ClFN3/c1-2-4-18-5-3-13(17-18)9-6-11(14)10(8-16)12(15)7-9/h3,5-7H,2,4H2,1H3. The van der Waals surface area contributed by atoms with Crippen LogP contribution in [-0.2, 0) is 6.54 Å². The van der Waals surface area contributed by atoms with Crippen LogP contribution in [0.3, 0.4) is 0 Å². The minimum atomic E-state index is -0.620. The van der Waals surface area contributed by atoms with Crippen molar-refractivity contribution in [3.8, 4) is 17.3 Å². The molecule has 92 valence electrons. The average molecular weight is 264 g/mol. The largest absolute Gasteiger partial charge is 0.272 e. The summed E-state index contributed by atoms with van der Waals surface area (Å²) in [5, 5.41) is 13.2. The summed E-state index contributed by atoms with van der Waals surface area (Å²) in [4.78, 5) is 0. The third-order valence-corrected chi connectivity index (χ3v) is 2.84. The lowest BCUT2D eigenvalue weighted by Gasteiger charge is -2.02. The second kappa shape index (κ2) is 5.19. The van der Waals surface area contributed by atoms with Gasteiger partial charge in [-0.1, -0.05) is 18.5 Å². The molecular weight excluding hydrogens is 253 g/mol. The van der Waals surface area contributed by atoms with Crippen LogP contribution in [0.2, 0.25) is 5.02 Å². The number of aromatic nitrogens is 2. The first kappa shape index (κ1) is 12.6. The maximum absolute atomic E-state index is 13.6. The molecule has 0 fully saturated rings. The second-order valence-corrected chi connectivity index (χ2v) is 4.30. The van der Waals surface area contributed by atoms with E-state index in [1.165, 1.54) is 6.07 Å². The Morgan fingerprint density at radius 2 is 2.28 bits per heavy atom. The molecule has 1 heterocycles. The highest BCUT2D eigenvalue weighted by Crippen LogP contribution is 2.26. The van der Waals surface area contributed by atoms with Crippen molar-refractivity contribution in [1.82, 2.24) is 9.78 Å². The number of hydrogen-bond acceptors (Lipinski definition) is 2. The summed E-state index contributed by atoms with van der Waals surface area (Å²) in [7, 11) is 0. The Bertz CT molecular complexity index is 590. The SMILES string of the molecule is CCCn1ccc(-c2cc(F)c(C#N)c(Cl)c2)n1. The Kier molecular flexibility index (Phi) is 3.63. The van der Waals surface area contributed by atoms with Crippen LogP contribution in [0.15, 0.2) is 24.4 Å². The molecule has 0 unspecified atom stereocenters. The van der Waals surface area contributed by atoms with Gasteiger partial charge in [-0.2, -0.15) is 10.4 Å². The predicted molar refractivity (Wildman–Crippen MR) is 67.6 cm³/mol. The second-order valence-electron chi connectivity index (χ2n) is 3.89. The van der Waals surface area contributed by atoms with Gasteiger partial charge < -0.3 is 0 Å². The Hall–Kier alpha value is -1.86. The van der Waals surface area contributed by atoms with E-state index in [1.807, 2.05) is 6.20 Å². The van der Waals surface area contributed by atoms with Gasteiger partial charge in [-0.15, -0.1) is 0 Å². The van der Waals surface area contributed by atoms with Crippen molar-refractivity contribution >= 4 is 11.6 Å². The van der Waals surface area contributed by atoms with E-state index in [1.54, 1.807) is 22.9 Å². The zero-order valence-corrected chi connectivity index (χ0v) is 10.6. The van der Waals surface area contributed by atoms with Gasteiger partial charge in [0.15, 0.2) is 0 Å². The number of halogens is 2. The summed E-state index contributed by atoms with van der Waals surface area (Å²) in [6.45, 7) is 2.87. The van der Waals surface area contributed by atoms with E-state index >= 15 is 0 Å². The fraction of sp³-hybridized carbons (Fsp3) is 0.231. The lowest BCUT2D eigenvalue weighted by Crippen LogP contribution is -1.97. The van der Waals surface area contributed by atoms with Gasteiger partial charge in [0.1, 0.15) is 17.4 Å². The zero-order chi connectivity index (χ0) is 13.1. The Morgan fingerprint density at radius 1 is 1.50 bits per heavy atom. The van der Waals surface area contributed by atoms with E-state index in [4.69, 9.17) is 16.9 Å². The van der Waals surface area contributed by atoms with E-state index < -0.39 is 5.82 Å². The Labute approximate surface area is 109 Å². The fourth-order valence-electron chi connectivity index (χ4n) is 1.70. The quantitative estimate of drug-likeness (QED) is 0.849. The smallest absolute Gasteiger partial charge is 0.143 e. The molecule has 2 aromatic rings. The van der Waals surface area contributed by atoms with Crippen LogP contribution < -0.4 is 0 Å². The maximum Gasteiger partial charge on any atom is 0.143 e. The average Bonchev–Trinajstić information content (AvgIpc) is 2.78.